The molecular formula is C19H20N2O3. The van der Waals surface area contributed by atoms with E-state index in [4.69, 9.17) is 4.74 Å². The summed E-state index contributed by atoms with van der Waals surface area (Å²) in [4.78, 5) is 27.4. The third-order valence-corrected chi connectivity index (χ3v) is 4.02. The smallest absolute Gasteiger partial charge is 0.252 e. The van der Waals surface area contributed by atoms with Crippen molar-refractivity contribution in [1.82, 2.24) is 10.2 Å². The maximum atomic E-state index is 12.9. The van der Waals surface area contributed by atoms with E-state index in [2.05, 4.69) is 5.32 Å². The molecule has 124 valence electrons. The van der Waals surface area contributed by atoms with Gasteiger partial charge < -0.3 is 10.1 Å². The van der Waals surface area contributed by atoms with Crippen molar-refractivity contribution >= 4 is 11.7 Å². The molecule has 1 aliphatic rings. The van der Waals surface area contributed by atoms with Crippen LogP contribution in [-0.2, 0) is 4.74 Å². The molecule has 1 N–H and O–H groups in total. The van der Waals surface area contributed by atoms with Gasteiger partial charge in [-0.25, -0.2) is 0 Å². The molecule has 1 fully saturated rings. The summed E-state index contributed by atoms with van der Waals surface area (Å²) in [5, 5.41) is 2.88. The summed E-state index contributed by atoms with van der Waals surface area (Å²) < 4.78 is 5.36. The first-order chi connectivity index (χ1) is 11.8. The van der Waals surface area contributed by atoms with Gasteiger partial charge >= 0.3 is 0 Å². The highest BCUT2D eigenvalue weighted by atomic mass is 16.5. The zero-order chi connectivity index (χ0) is 16.8. The van der Waals surface area contributed by atoms with Gasteiger partial charge in [-0.1, -0.05) is 48.5 Å². The van der Waals surface area contributed by atoms with Crippen molar-refractivity contribution in [2.24, 2.45) is 0 Å². The second-order valence-electron chi connectivity index (χ2n) is 5.62. The fourth-order valence-corrected chi connectivity index (χ4v) is 2.72. The first-order valence-electron chi connectivity index (χ1n) is 8.02. The highest BCUT2D eigenvalue weighted by Crippen LogP contribution is 2.11. The molecule has 0 unspecified atom stereocenters. The molecule has 0 bridgehead atoms. The molecule has 1 amide bonds. The maximum absolute atomic E-state index is 12.9. The molecule has 1 atom stereocenters. The minimum Gasteiger partial charge on any atom is -0.379 e. The predicted octanol–water partition coefficient (Wildman–Crippen LogP) is 1.96. The van der Waals surface area contributed by atoms with Gasteiger partial charge in [-0.15, -0.1) is 0 Å². The Hall–Kier alpha value is -2.50. The average Bonchev–Trinajstić information content (AvgIpc) is 2.67. The second kappa shape index (κ2) is 7.86. The average molecular weight is 324 g/mol. The number of morpholine rings is 1. The number of carbonyl (C=O) groups is 2. The SMILES string of the molecule is O=C(N[C@@H](C(=O)c1ccccc1)N1CCOCC1)c1ccccc1. The molecule has 1 heterocycles. The molecule has 0 aromatic heterocycles. The Morgan fingerprint density at radius 1 is 0.875 bits per heavy atom. The van der Waals surface area contributed by atoms with Crippen molar-refractivity contribution in [2.45, 2.75) is 6.17 Å². The zero-order valence-electron chi connectivity index (χ0n) is 13.4. The van der Waals surface area contributed by atoms with Gasteiger partial charge in [0.2, 0.25) is 0 Å². The van der Waals surface area contributed by atoms with Gasteiger partial charge in [-0.2, -0.15) is 0 Å². The van der Waals surface area contributed by atoms with E-state index < -0.39 is 6.17 Å². The van der Waals surface area contributed by atoms with Crippen LogP contribution in [0, 0.1) is 0 Å². The van der Waals surface area contributed by atoms with E-state index in [9.17, 15) is 9.59 Å². The number of nitrogens with zero attached hydrogens (tertiary/aromatic N) is 1. The van der Waals surface area contributed by atoms with E-state index >= 15 is 0 Å². The van der Waals surface area contributed by atoms with Crippen LogP contribution in [0.5, 0.6) is 0 Å². The van der Waals surface area contributed by atoms with Gasteiger partial charge in [0, 0.05) is 24.2 Å². The molecule has 5 heteroatoms. The number of ether oxygens (including phenoxy) is 1. The molecule has 0 spiro atoms. The Morgan fingerprint density at radius 2 is 1.42 bits per heavy atom. The molecule has 5 nitrogen and oxygen atoms in total. The Labute approximate surface area is 141 Å². The van der Waals surface area contributed by atoms with Crippen molar-refractivity contribution in [1.29, 1.82) is 0 Å². The molecule has 1 aliphatic heterocycles. The van der Waals surface area contributed by atoms with Crippen LogP contribution in [0.1, 0.15) is 20.7 Å². The lowest BCUT2D eigenvalue weighted by Gasteiger charge is -2.33. The monoisotopic (exact) mass is 324 g/mol. The largest absolute Gasteiger partial charge is 0.379 e. The lowest BCUT2D eigenvalue weighted by molar-refractivity contribution is 0.0111. The van der Waals surface area contributed by atoms with Gasteiger partial charge in [-0.05, 0) is 12.1 Å². The summed E-state index contributed by atoms with van der Waals surface area (Å²) in [5.74, 6) is -0.363. The van der Waals surface area contributed by atoms with Crippen molar-refractivity contribution in [3.05, 3.63) is 71.8 Å². The third-order valence-electron chi connectivity index (χ3n) is 4.02. The molecule has 1 saturated heterocycles. The zero-order valence-corrected chi connectivity index (χ0v) is 13.4. The molecule has 2 aromatic rings. The van der Waals surface area contributed by atoms with Crippen molar-refractivity contribution in [3.63, 3.8) is 0 Å². The molecule has 0 radical (unpaired) electrons. The molecular weight excluding hydrogens is 304 g/mol. The van der Waals surface area contributed by atoms with Crippen LogP contribution in [0.4, 0.5) is 0 Å². The molecule has 0 saturated carbocycles. The highest BCUT2D eigenvalue weighted by Gasteiger charge is 2.29. The van der Waals surface area contributed by atoms with E-state index in [1.807, 2.05) is 29.2 Å². The van der Waals surface area contributed by atoms with Crippen molar-refractivity contribution in [2.75, 3.05) is 26.3 Å². The highest BCUT2D eigenvalue weighted by molar-refractivity contribution is 6.04. The van der Waals surface area contributed by atoms with E-state index in [-0.39, 0.29) is 11.7 Å². The third kappa shape index (κ3) is 3.88. The molecule has 2 aromatic carbocycles. The summed E-state index contributed by atoms with van der Waals surface area (Å²) in [5.41, 5.74) is 1.12. The second-order valence-corrected chi connectivity index (χ2v) is 5.62. The number of nitrogens with one attached hydrogen (secondary N) is 1. The Morgan fingerprint density at radius 3 is 2.00 bits per heavy atom. The van der Waals surface area contributed by atoms with Gasteiger partial charge in [0.1, 0.15) is 6.17 Å². The van der Waals surface area contributed by atoms with Gasteiger partial charge in [0.05, 0.1) is 13.2 Å². The van der Waals surface area contributed by atoms with Crippen molar-refractivity contribution < 1.29 is 14.3 Å². The Balaban J connectivity index is 1.82. The lowest BCUT2D eigenvalue weighted by Crippen LogP contribution is -2.56. The number of benzene rings is 2. The first kappa shape index (κ1) is 16.4. The number of carbonyl (C=O) groups excluding carboxylic acids is 2. The first-order valence-corrected chi connectivity index (χ1v) is 8.02. The van der Waals surface area contributed by atoms with Crippen LogP contribution in [0.25, 0.3) is 0 Å². The van der Waals surface area contributed by atoms with Crippen molar-refractivity contribution in [3.8, 4) is 0 Å². The summed E-state index contributed by atoms with van der Waals surface area (Å²) in [7, 11) is 0. The van der Waals surface area contributed by atoms with Crippen LogP contribution in [0.15, 0.2) is 60.7 Å². The fraction of sp³-hybridized carbons (Fsp3) is 0.263. The minimum absolute atomic E-state index is 0.109. The Bertz CT molecular complexity index is 682. The van der Waals surface area contributed by atoms with E-state index in [0.29, 0.717) is 37.4 Å². The van der Waals surface area contributed by atoms with Crippen LogP contribution in [-0.4, -0.2) is 49.1 Å². The van der Waals surface area contributed by atoms with Gasteiger partial charge in [0.15, 0.2) is 5.78 Å². The predicted molar refractivity (Wildman–Crippen MR) is 90.9 cm³/mol. The van der Waals surface area contributed by atoms with Gasteiger partial charge in [0.25, 0.3) is 5.91 Å². The summed E-state index contributed by atoms with van der Waals surface area (Å²) >= 11 is 0. The fourth-order valence-electron chi connectivity index (χ4n) is 2.72. The van der Waals surface area contributed by atoms with Crippen LogP contribution < -0.4 is 5.32 Å². The number of Topliss-reactive ketones (excluding diaryl/α,β-unsaturated/α-hetero) is 1. The maximum Gasteiger partial charge on any atom is 0.252 e. The standard InChI is InChI=1S/C19H20N2O3/c22-17(15-7-3-1-4-8-15)18(21-11-13-24-14-12-21)20-19(23)16-9-5-2-6-10-16/h1-10,18H,11-14H2,(H,20,23)/t18-/m1/s1. The van der Waals surface area contributed by atoms with E-state index in [1.54, 1.807) is 36.4 Å². The van der Waals surface area contributed by atoms with Crippen LogP contribution >= 0.6 is 0 Å². The number of hydrogen-bond donors (Lipinski definition) is 1. The molecule has 3 rings (SSSR count). The number of hydrogen-bond acceptors (Lipinski definition) is 4. The molecule has 0 aliphatic carbocycles. The van der Waals surface area contributed by atoms with Gasteiger partial charge in [-0.3, -0.25) is 14.5 Å². The van der Waals surface area contributed by atoms with E-state index in [1.165, 1.54) is 0 Å². The number of ketones is 1. The molecule has 24 heavy (non-hydrogen) atoms. The van der Waals surface area contributed by atoms with Crippen LogP contribution in [0.3, 0.4) is 0 Å². The quantitative estimate of drug-likeness (QED) is 0.854. The minimum atomic E-state index is -0.691. The lowest BCUT2D eigenvalue weighted by atomic mass is 10.1. The topological polar surface area (TPSA) is 58.6 Å². The Kier molecular flexibility index (Phi) is 5.36. The summed E-state index contributed by atoms with van der Waals surface area (Å²) in [6.45, 7) is 2.33. The van der Waals surface area contributed by atoms with E-state index in [0.717, 1.165) is 0 Å². The number of rotatable bonds is 5. The summed E-state index contributed by atoms with van der Waals surface area (Å²) in [6, 6.07) is 18.0. The number of amides is 1. The normalized spacial score (nSPS) is 16.3. The van der Waals surface area contributed by atoms with Crippen LogP contribution in [0.2, 0.25) is 0 Å². The summed E-state index contributed by atoms with van der Waals surface area (Å²) in [6.07, 6.45) is -0.691.